The second kappa shape index (κ2) is 4.89. The molecule has 5 heteroatoms. The summed E-state index contributed by atoms with van der Waals surface area (Å²) in [5, 5.41) is 8.97. The Morgan fingerprint density at radius 1 is 1.53 bits per heavy atom. The molecule has 0 fully saturated rings. The molecule has 0 unspecified atom stereocenters. The summed E-state index contributed by atoms with van der Waals surface area (Å²) in [6.07, 6.45) is 0. The summed E-state index contributed by atoms with van der Waals surface area (Å²) in [6, 6.07) is 5.34. The van der Waals surface area contributed by atoms with E-state index >= 15 is 0 Å². The lowest BCUT2D eigenvalue weighted by Gasteiger charge is -2.28. The standard InChI is InChI=1S/C12H13NO3S/c1-8(15)9-2-3-11-10(6-9)13(4-5-14)12(16)7-17-11/h2-3,6,14H,4-5,7H2,1H3. The van der Waals surface area contributed by atoms with Crippen LogP contribution in [-0.2, 0) is 4.79 Å². The summed E-state index contributed by atoms with van der Waals surface area (Å²) in [4.78, 5) is 25.6. The first-order chi connectivity index (χ1) is 8.13. The van der Waals surface area contributed by atoms with Crippen LogP contribution in [0.5, 0.6) is 0 Å². The number of thioether (sulfide) groups is 1. The van der Waals surface area contributed by atoms with Crippen LogP contribution in [0.3, 0.4) is 0 Å². The number of hydrogen-bond donors (Lipinski definition) is 1. The van der Waals surface area contributed by atoms with E-state index < -0.39 is 0 Å². The van der Waals surface area contributed by atoms with Crippen molar-refractivity contribution in [1.82, 2.24) is 0 Å². The Morgan fingerprint density at radius 3 is 2.94 bits per heavy atom. The first-order valence-electron chi connectivity index (χ1n) is 5.32. The molecule has 1 aromatic rings. The molecule has 1 aromatic carbocycles. The van der Waals surface area contributed by atoms with Crippen molar-refractivity contribution in [3.63, 3.8) is 0 Å². The topological polar surface area (TPSA) is 57.6 Å². The van der Waals surface area contributed by atoms with Gasteiger partial charge in [0.25, 0.3) is 0 Å². The van der Waals surface area contributed by atoms with E-state index in [-0.39, 0.29) is 24.8 Å². The van der Waals surface area contributed by atoms with Gasteiger partial charge in [0.05, 0.1) is 18.0 Å². The fourth-order valence-electron chi connectivity index (χ4n) is 1.77. The van der Waals surface area contributed by atoms with Gasteiger partial charge in [0, 0.05) is 17.0 Å². The summed E-state index contributed by atoms with van der Waals surface area (Å²) < 4.78 is 0. The molecular formula is C12H13NO3S. The third kappa shape index (κ3) is 2.35. The number of fused-ring (bicyclic) bond motifs is 1. The van der Waals surface area contributed by atoms with Crippen molar-refractivity contribution in [3.05, 3.63) is 23.8 Å². The molecule has 1 aliphatic heterocycles. The number of aliphatic hydroxyl groups excluding tert-OH is 1. The van der Waals surface area contributed by atoms with E-state index in [1.165, 1.54) is 23.6 Å². The van der Waals surface area contributed by atoms with E-state index in [0.717, 1.165) is 10.6 Å². The van der Waals surface area contributed by atoms with E-state index in [2.05, 4.69) is 0 Å². The minimum atomic E-state index is -0.0832. The van der Waals surface area contributed by atoms with Crippen molar-refractivity contribution in [2.75, 3.05) is 23.8 Å². The zero-order valence-corrected chi connectivity index (χ0v) is 10.3. The predicted molar refractivity (Wildman–Crippen MR) is 66.6 cm³/mol. The maximum Gasteiger partial charge on any atom is 0.237 e. The van der Waals surface area contributed by atoms with Crippen LogP contribution < -0.4 is 4.90 Å². The van der Waals surface area contributed by atoms with Gasteiger partial charge in [0.2, 0.25) is 5.91 Å². The SMILES string of the molecule is CC(=O)c1ccc2c(c1)N(CCO)C(=O)CS2. The van der Waals surface area contributed by atoms with Gasteiger partial charge in [0.15, 0.2) is 5.78 Å². The Kier molecular flexibility index (Phi) is 3.49. The molecule has 0 atom stereocenters. The lowest BCUT2D eigenvalue weighted by atomic mass is 10.1. The number of carbonyl (C=O) groups excluding carboxylic acids is 2. The Labute approximate surface area is 104 Å². The van der Waals surface area contributed by atoms with Crippen LogP contribution >= 0.6 is 11.8 Å². The summed E-state index contributed by atoms with van der Waals surface area (Å²) in [5.74, 6) is 0.323. The highest BCUT2D eigenvalue weighted by atomic mass is 32.2. The number of ketones is 1. The summed E-state index contributed by atoms with van der Waals surface area (Å²) in [5.41, 5.74) is 1.31. The first-order valence-corrected chi connectivity index (χ1v) is 6.31. The number of amides is 1. The van der Waals surface area contributed by atoms with Gasteiger partial charge in [-0.2, -0.15) is 0 Å². The number of rotatable bonds is 3. The number of anilines is 1. The van der Waals surface area contributed by atoms with Crippen LogP contribution in [0, 0.1) is 0 Å². The Morgan fingerprint density at radius 2 is 2.29 bits per heavy atom. The molecule has 17 heavy (non-hydrogen) atoms. The maximum absolute atomic E-state index is 11.7. The molecule has 1 aliphatic rings. The van der Waals surface area contributed by atoms with Crippen molar-refractivity contribution < 1.29 is 14.7 Å². The number of β-amino-alcohol motifs (C(OH)–C–C–N with tert-alkyl or cyclic N) is 1. The molecule has 90 valence electrons. The van der Waals surface area contributed by atoms with E-state index in [4.69, 9.17) is 5.11 Å². The van der Waals surface area contributed by atoms with Crippen molar-refractivity contribution in [2.45, 2.75) is 11.8 Å². The third-order valence-electron chi connectivity index (χ3n) is 2.63. The van der Waals surface area contributed by atoms with Gasteiger partial charge in [-0.05, 0) is 19.1 Å². The third-order valence-corrected chi connectivity index (χ3v) is 3.68. The number of carbonyl (C=O) groups is 2. The predicted octanol–water partition coefficient (Wildman–Crippen LogP) is 1.32. The molecule has 0 radical (unpaired) electrons. The number of hydrogen-bond acceptors (Lipinski definition) is 4. The maximum atomic E-state index is 11.7. The highest BCUT2D eigenvalue weighted by Crippen LogP contribution is 2.35. The van der Waals surface area contributed by atoms with Gasteiger partial charge in [-0.25, -0.2) is 0 Å². The lowest BCUT2D eigenvalue weighted by Crippen LogP contribution is -2.37. The number of benzene rings is 1. The smallest absolute Gasteiger partial charge is 0.237 e. The van der Waals surface area contributed by atoms with Crippen LogP contribution in [-0.4, -0.2) is 35.7 Å². The molecule has 4 nitrogen and oxygen atoms in total. The van der Waals surface area contributed by atoms with Gasteiger partial charge in [-0.15, -0.1) is 11.8 Å². The zero-order chi connectivity index (χ0) is 12.4. The molecule has 0 saturated carbocycles. The fraction of sp³-hybridized carbons (Fsp3) is 0.333. The molecule has 0 saturated heterocycles. The van der Waals surface area contributed by atoms with Gasteiger partial charge in [-0.3, -0.25) is 9.59 Å². The molecule has 2 rings (SSSR count). The molecule has 0 aromatic heterocycles. The fourth-order valence-corrected chi connectivity index (χ4v) is 2.68. The summed E-state index contributed by atoms with van der Waals surface area (Å²) in [6.45, 7) is 1.68. The second-order valence-electron chi connectivity index (χ2n) is 3.80. The number of Topliss-reactive ketones (excluding diaryl/α,β-unsaturated/α-hetero) is 1. The average Bonchev–Trinajstić information content (AvgIpc) is 2.32. The monoisotopic (exact) mass is 251 g/mol. The van der Waals surface area contributed by atoms with Crippen LogP contribution in [0.4, 0.5) is 5.69 Å². The minimum absolute atomic E-state index is 0.0280. The van der Waals surface area contributed by atoms with Crippen LogP contribution in [0.1, 0.15) is 17.3 Å². The van der Waals surface area contributed by atoms with Crippen molar-refractivity contribution in [2.24, 2.45) is 0 Å². The van der Waals surface area contributed by atoms with Crippen molar-refractivity contribution in [1.29, 1.82) is 0 Å². The lowest BCUT2D eigenvalue weighted by molar-refractivity contribution is -0.116. The second-order valence-corrected chi connectivity index (χ2v) is 4.81. The van der Waals surface area contributed by atoms with Crippen molar-refractivity contribution in [3.8, 4) is 0 Å². The van der Waals surface area contributed by atoms with E-state index in [9.17, 15) is 9.59 Å². The molecule has 0 aliphatic carbocycles. The molecule has 0 spiro atoms. The Bertz CT molecular complexity index is 473. The molecule has 1 N–H and O–H groups in total. The van der Waals surface area contributed by atoms with E-state index in [0.29, 0.717) is 11.3 Å². The van der Waals surface area contributed by atoms with Gasteiger partial charge >= 0.3 is 0 Å². The quantitative estimate of drug-likeness (QED) is 0.823. The summed E-state index contributed by atoms with van der Waals surface area (Å²) >= 11 is 1.46. The van der Waals surface area contributed by atoms with Crippen molar-refractivity contribution >= 4 is 29.1 Å². The highest BCUT2D eigenvalue weighted by molar-refractivity contribution is 8.00. The van der Waals surface area contributed by atoms with Gasteiger partial charge < -0.3 is 10.0 Å². The summed E-state index contributed by atoms with van der Waals surface area (Å²) in [7, 11) is 0. The van der Waals surface area contributed by atoms with Crippen LogP contribution in [0.25, 0.3) is 0 Å². The van der Waals surface area contributed by atoms with Crippen LogP contribution in [0.2, 0.25) is 0 Å². The molecular weight excluding hydrogens is 238 g/mol. The molecule has 1 heterocycles. The van der Waals surface area contributed by atoms with Gasteiger partial charge in [0.1, 0.15) is 0 Å². The largest absolute Gasteiger partial charge is 0.395 e. The minimum Gasteiger partial charge on any atom is -0.395 e. The molecule has 1 amide bonds. The number of aliphatic hydroxyl groups is 1. The van der Waals surface area contributed by atoms with E-state index in [1.54, 1.807) is 12.1 Å². The normalized spacial score (nSPS) is 14.7. The molecule has 0 bridgehead atoms. The zero-order valence-electron chi connectivity index (χ0n) is 9.47. The Hall–Kier alpha value is -1.33. The van der Waals surface area contributed by atoms with E-state index in [1.807, 2.05) is 6.07 Å². The first kappa shape index (κ1) is 12.1. The Balaban J connectivity index is 2.44. The van der Waals surface area contributed by atoms with Gasteiger partial charge in [-0.1, -0.05) is 6.07 Å². The highest BCUT2D eigenvalue weighted by Gasteiger charge is 2.24. The average molecular weight is 251 g/mol. The van der Waals surface area contributed by atoms with Crippen LogP contribution in [0.15, 0.2) is 23.1 Å². The number of nitrogens with zero attached hydrogens (tertiary/aromatic N) is 1.